The third-order valence-corrected chi connectivity index (χ3v) is 4.64. The fraction of sp³-hybridized carbons (Fsp3) is 0.333. The second-order valence-corrected chi connectivity index (χ2v) is 6.67. The highest BCUT2D eigenvalue weighted by Gasteiger charge is 2.34. The van der Waals surface area contributed by atoms with Crippen LogP contribution in [0.2, 0.25) is 0 Å². The molecule has 0 radical (unpaired) electrons. The lowest BCUT2D eigenvalue weighted by Crippen LogP contribution is -2.24. The number of ether oxygens (including phenoxy) is 1. The van der Waals surface area contributed by atoms with Gasteiger partial charge in [0.25, 0.3) is 5.91 Å². The largest absolute Gasteiger partial charge is 0.496 e. The van der Waals surface area contributed by atoms with Gasteiger partial charge >= 0.3 is 12.1 Å². The first kappa shape index (κ1) is 23.2. The van der Waals surface area contributed by atoms with Crippen LogP contribution in [0.4, 0.5) is 17.6 Å². The maximum absolute atomic E-state index is 13.4. The number of halogens is 4. The molecule has 30 heavy (non-hydrogen) atoms. The molecule has 2 aromatic rings. The van der Waals surface area contributed by atoms with E-state index in [0.717, 1.165) is 11.6 Å². The van der Waals surface area contributed by atoms with Gasteiger partial charge in [0, 0.05) is 17.7 Å². The Hall–Kier alpha value is -3.10. The number of carboxylic acid groups (broad SMARTS) is 1. The topological polar surface area (TPSA) is 75.6 Å². The molecule has 0 aliphatic rings. The van der Waals surface area contributed by atoms with Crippen LogP contribution in [0.25, 0.3) is 0 Å². The van der Waals surface area contributed by atoms with Gasteiger partial charge in [-0.1, -0.05) is 19.1 Å². The second-order valence-electron chi connectivity index (χ2n) is 6.67. The molecule has 2 rings (SSSR count). The summed E-state index contributed by atoms with van der Waals surface area (Å²) >= 11 is 0. The highest BCUT2D eigenvalue weighted by molar-refractivity contribution is 5.94. The molecule has 1 unspecified atom stereocenters. The molecule has 0 aliphatic heterocycles. The van der Waals surface area contributed by atoms with Crippen molar-refractivity contribution in [3.05, 3.63) is 64.5 Å². The third-order valence-electron chi connectivity index (χ3n) is 4.64. The van der Waals surface area contributed by atoms with Gasteiger partial charge in [0.2, 0.25) is 0 Å². The van der Waals surface area contributed by atoms with Crippen LogP contribution in [0.1, 0.15) is 40.4 Å². The van der Waals surface area contributed by atoms with Gasteiger partial charge in [-0.25, -0.2) is 4.39 Å². The van der Waals surface area contributed by atoms with Crippen molar-refractivity contribution in [2.45, 2.75) is 32.5 Å². The molecule has 162 valence electrons. The van der Waals surface area contributed by atoms with Gasteiger partial charge in [-0.3, -0.25) is 9.59 Å². The number of carboxylic acids is 1. The number of amides is 1. The number of alkyl halides is 3. The van der Waals surface area contributed by atoms with Crippen molar-refractivity contribution in [3.63, 3.8) is 0 Å². The Kier molecular flexibility index (Phi) is 7.42. The summed E-state index contributed by atoms with van der Waals surface area (Å²) in [6, 6.07) is 7.03. The van der Waals surface area contributed by atoms with E-state index in [2.05, 4.69) is 5.32 Å². The number of aliphatic carboxylic acids is 1. The van der Waals surface area contributed by atoms with Crippen LogP contribution in [0.15, 0.2) is 36.4 Å². The van der Waals surface area contributed by atoms with E-state index in [1.807, 2.05) is 0 Å². The average molecular weight is 427 g/mol. The Morgan fingerprint density at radius 2 is 1.87 bits per heavy atom. The molecular formula is C21H21F4NO4. The quantitative estimate of drug-likeness (QED) is 0.611. The van der Waals surface area contributed by atoms with Crippen molar-refractivity contribution in [2.24, 2.45) is 5.92 Å². The fourth-order valence-electron chi connectivity index (χ4n) is 2.95. The molecule has 0 heterocycles. The minimum Gasteiger partial charge on any atom is -0.496 e. The van der Waals surface area contributed by atoms with Crippen molar-refractivity contribution in [3.8, 4) is 5.75 Å². The first-order valence-corrected chi connectivity index (χ1v) is 9.10. The number of benzene rings is 2. The highest BCUT2D eigenvalue weighted by Crippen LogP contribution is 2.32. The number of rotatable bonds is 8. The molecule has 9 heteroatoms. The van der Waals surface area contributed by atoms with Gasteiger partial charge in [0.05, 0.1) is 18.6 Å². The zero-order valence-electron chi connectivity index (χ0n) is 16.3. The summed E-state index contributed by atoms with van der Waals surface area (Å²) in [7, 11) is 1.42. The summed E-state index contributed by atoms with van der Waals surface area (Å²) in [5.74, 6) is -3.33. The Bertz CT molecular complexity index is 928. The van der Waals surface area contributed by atoms with Crippen LogP contribution >= 0.6 is 0 Å². The van der Waals surface area contributed by atoms with Crippen molar-refractivity contribution >= 4 is 11.9 Å². The zero-order valence-corrected chi connectivity index (χ0v) is 16.3. The van der Waals surface area contributed by atoms with E-state index in [-0.39, 0.29) is 18.5 Å². The molecule has 0 bridgehead atoms. The molecule has 2 N–H and O–H groups in total. The predicted octanol–water partition coefficient (Wildman–Crippen LogP) is 4.44. The van der Waals surface area contributed by atoms with E-state index in [0.29, 0.717) is 29.9 Å². The van der Waals surface area contributed by atoms with E-state index >= 15 is 0 Å². The molecule has 0 saturated carbocycles. The summed E-state index contributed by atoms with van der Waals surface area (Å²) in [4.78, 5) is 23.5. The lowest BCUT2D eigenvalue weighted by atomic mass is 9.95. The summed E-state index contributed by atoms with van der Waals surface area (Å²) in [6.45, 7) is 1.69. The third kappa shape index (κ3) is 5.71. The maximum atomic E-state index is 13.4. The number of carbonyl (C=O) groups is 2. The van der Waals surface area contributed by atoms with E-state index in [9.17, 15) is 32.3 Å². The molecule has 0 spiro atoms. The standard InChI is InChI=1S/C21H21F4NO4/c1-3-13(20(28)29)8-12-4-7-18(30-2)15(9-12)11-26-19(27)14-5-6-17(22)16(10-14)21(23,24)25/h4-7,9-10,13H,3,8,11H2,1-2H3,(H,26,27)(H,28,29). The Morgan fingerprint density at radius 3 is 2.43 bits per heavy atom. The Labute approximate surface area is 170 Å². The zero-order chi connectivity index (χ0) is 22.5. The second kappa shape index (κ2) is 9.60. The van der Waals surface area contributed by atoms with Crippen LogP contribution in [0.5, 0.6) is 5.75 Å². The Morgan fingerprint density at radius 1 is 1.17 bits per heavy atom. The molecule has 0 aliphatic carbocycles. The minimum atomic E-state index is -4.92. The summed E-state index contributed by atoms with van der Waals surface area (Å²) in [5, 5.41) is 11.7. The number of hydrogen-bond donors (Lipinski definition) is 2. The van der Waals surface area contributed by atoms with Crippen molar-refractivity contribution in [1.29, 1.82) is 0 Å². The van der Waals surface area contributed by atoms with Crippen LogP contribution in [0, 0.1) is 11.7 Å². The monoisotopic (exact) mass is 427 g/mol. The molecule has 0 fully saturated rings. The van der Waals surface area contributed by atoms with Gasteiger partial charge in [-0.2, -0.15) is 13.2 Å². The summed E-state index contributed by atoms with van der Waals surface area (Å²) in [5.41, 5.74) is -0.609. The lowest BCUT2D eigenvalue weighted by molar-refractivity contribution is -0.142. The van der Waals surface area contributed by atoms with Crippen LogP contribution in [0.3, 0.4) is 0 Å². The molecule has 5 nitrogen and oxygen atoms in total. The smallest absolute Gasteiger partial charge is 0.419 e. The van der Waals surface area contributed by atoms with Gasteiger partial charge < -0.3 is 15.2 Å². The average Bonchev–Trinajstić information content (AvgIpc) is 2.69. The van der Waals surface area contributed by atoms with Crippen molar-refractivity contribution < 1.29 is 37.0 Å². The van der Waals surface area contributed by atoms with Gasteiger partial charge in [0.15, 0.2) is 0 Å². The van der Waals surface area contributed by atoms with Crippen molar-refractivity contribution in [2.75, 3.05) is 7.11 Å². The maximum Gasteiger partial charge on any atom is 0.419 e. The number of hydrogen-bond acceptors (Lipinski definition) is 3. The first-order chi connectivity index (χ1) is 14.1. The number of methoxy groups -OCH3 is 1. The van der Waals surface area contributed by atoms with Crippen LogP contribution in [-0.2, 0) is 23.9 Å². The number of nitrogens with one attached hydrogen (secondary N) is 1. The van der Waals surface area contributed by atoms with E-state index in [4.69, 9.17) is 4.74 Å². The van der Waals surface area contributed by atoms with E-state index in [1.165, 1.54) is 7.11 Å². The minimum absolute atomic E-state index is 0.0710. The lowest BCUT2D eigenvalue weighted by Gasteiger charge is -2.15. The van der Waals surface area contributed by atoms with Gasteiger partial charge in [0.1, 0.15) is 11.6 Å². The predicted molar refractivity (Wildman–Crippen MR) is 101 cm³/mol. The van der Waals surface area contributed by atoms with Gasteiger partial charge in [-0.05, 0) is 42.7 Å². The Balaban J connectivity index is 2.19. The van der Waals surface area contributed by atoms with Crippen LogP contribution in [-0.4, -0.2) is 24.1 Å². The molecule has 1 amide bonds. The molecular weight excluding hydrogens is 406 g/mol. The first-order valence-electron chi connectivity index (χ1n) is 9.10. The molecule has 0 saturated heterocycles. The van der Waals surface area contributed by atoms with Crippen LogP contribution < -0.4 is 10.1 Å². The van der Waals surface area contributed by atoms with E-state index in [1.54, 1.807) is 25.1 Å². The summed E-state index contributed by atoms with van der Waals surface area (Å²) < 4.78 is 57.2. The molecule has 2 aromatic carbocycles. The number of carbonyl (C=O) groups excluding carboxylic acids is 1. The molecule has 1 atom stereocenters. The fourth-order valence-corrected chi connectivity index (χ4v) is 2.95. The van der Waals surface area contributed by atoms with Gasteiger partial charge in [-0.15, -0.1) is 0 Å². The van der Waals surface area contributed by atoms with Crippen molar-refractivity contribution in [1.82, 2.24) is 5.32 Å². The summed E-state index contributed by atoms with van der Waals surface area (Å²) in [6.07, 6.45) is -4.19. The SMILES string of the molecule is CCC(Cc1ccc(OC)c(CNC(=O)c2ccc(F)c(C(F)(F)F)c2)c1)C(=O)O. The normalized spacial score (nSPS) is 12.3. The highest BCUT2D eigenvalue weighted by atomic mass is 19.4. The molecule has 0 aromatic heterocycles. The van der Waals surface area contributed by atoms with E-state index < -0.39 is 35.4 Å².